The van der Waals surface area contributed by atoms with Crippen LogP contribution >= 0.6 is 0 Å². The van der Waals surface area contributed by atoms with Gasteiger partial charge in [0.25, 0.3) is 0 Å². The molecule has 1 amide bonds. The first kappa shape index (κ1) is 17.7. The zero-order chi connectivity index (χ0) is 15.3. The maximum atomic E-state index is 12.2. The molecule has 19 heavy (non-hydrogen) atoms. The fourth-order valence-electron chi connectivity index (χ4n) is 1.27. The number of rotatable bonds is 5. The molecule has 1 N–H and O–H groups in total. The molecule has 0 rings (SSSR count). The number of unbranched alkanes of at least 4 members (excludes halogenated alkanes) is 1. The van der Waals surface area contributed by atoms with Crippen LogP contribution in [-0.4, -0.2) is 29.7 Å². The molecular weight excluding hydrogens is 263 g/mol. The Kier molecular flexibility index (Phi) is 6.32. The number of halogens is 3. The van der Waals surface area contributed by atoms with Crippen LogP contribution in [0.5, 0.6) is 0 Å². The molecule has 0 aliphatic heterocycles. The van der Waals surface area contributed by atoms with Gasteiger partial charge in [-0.15, -0.1) is 0 Å². The third-order valence-corrected chi connectivity index (χ3v) is 2.10. The van der Waals surface area contributed by atoms with Gasteiger partial charge < -0.3 is 10.1 Å². The molecule has 1 unspecified atom stereocenters. The summed E-state index contributed by atoms with van der Waals surface area (Å²) in [5, 5.41) is 1.68. The van der Waals surface area contributed by atoms with Crippen LogP contribution in [0.25, 0.3) is 0 Å². The fourth-order valence-corrected chi connectivity index (χ4v) is 1.27. The van der Waals surface area contributed by atoms with Crippen molar-refractivity contribution in [1.29, 1.82) is 0 Å². The average Bonchev–Trinajstić information content (AvgIpc) is 2.19. The molecule has 0 aromatic heterocycles. The van der Waals surface area contributed by atoms with E-state index in [0.29, 0.717) is 12.8 Å². The van der Waals surface area contributed by atoms with E-state index in [4.69, 9.17) is 4.74 Å². The van der Waals surface area contributed by atoms with Gasteiger partial charge in [0.05, 0.1) is 0 Å². The number of hydrogen-bond acceptors (Lipinski definition) is 3. The van der Waals surface area contributed by atoms with Gasteiger partial charge in [0.1, 0.15) is 11.6 Å². The lowest BCUT2D eigenvalue weighted by Crippen LogP contribution is -2.48. The third-order valence-electron chi connectivity index (χ3n) is 2.10. The fraction of sp³-hybridized carbons (Fsp3) is 0.833. The molecule has 112 valence electrons. The van der Waals surface area contributed by atoms with E-state index in [2.05, 4.69) is 0 Å². The van der Waals surface area contributed by atoms with Crippen molar-refractivity contribution in [3.05, 3.63) is 0 Å². The Bertz CT molecular complexity index is 321. The molecule has 0 saturated carbocycles. The Morgan fingerprint density at radius 3 is 2.11 bits per heavy atom. The highest BCUT2D eigenvalue weighted by Crippen LogP contribution is 2.17. The number of amides is 1. The van der Waals surface area contributed by atoms with Crippen molar-refractivity contribution in [3.63, 3.8) is 0 Å². The zero-order valence-electron chi connectivity index (χ0n) is 11.6. The first-order chi connectivity index (χ1) is 8.47. The van der Waals surface area contributed by atoms with E-state index in [9.17, 15) is 22.8 Å². The van der Waals surface area contributed by atoms with Crippen molar-refractivity contribution in [2.45, 2.75) is 64.8 Å². The second kappa shape index (κ2) is 6.77. The summed E-state index contributed by atoms with van der Waals surface area (Å²) in [5.41, 5.74) is -0.815. The van der Waals surface area contributed by atoms with Gasteiger partial charge in [-0.25, -0.2) is 4.79 Å². The summed E-state index contributed by atoms with van der Waals surface area (Å²) in [5.74, 6) is -2.97. The summed E-state index contributed by atoms with van der Waals surface area (Å²) in [6, 6.07) is -1.27. The van der Waals surface area contributed by atoms with Gasteiger partial charge in [-0.2, -0.15) is 13.2 Å². The molecule has 7 heteroatoms. The number of esters is 1. The van der Waals surface area contributed by atoms with Gasteiger partial charge >= 0.3 is 18.1 Å². The smallest absolute Gasteiger partial charge is 0.458 e. The lowest BCUT2D eigenvalue weighted by atomic mass is 10.1. The van der Waals surface area contributed by atoms with Crippen molar-refractivity contribution in [2.24, 2.45) is 0 Å². The SMILES string of the molecule is CCCCC(NC(=O)C(F)(F)F)C(=O)OC(C)(C)C. The van der Waals surface area contributed by atoms with Crippen molar-refractivity contribution >= 4 is 11.9 Å². The molecule has 0 bridgehead atoms. The minimum atomic E-state index is -5.01. The number of ether oxygens (including phenoxy) is 1. The van der Waals surface area contributed by atoms with E-state index in [1.165, 1.54) is 0 Å². The summed E-state index contributed by atoms with van der Waals surface area (Å²) in [6.07, 6.45) is -3.68. The Morgan fingerprint density at radius 1 is 1.21 bits per heavy atom. The molecule has 0 radical (unpaired) electrons. The van der Waals surface area contributed by atoms with E-state index in [1.807, 2.05) is 6.92 Å². The number of hydrogen-bond donors (Lipinski definition) is 1. The van der Waals surface area contributed by atoms with Gasteiger partial charge in [0, 0.05) is 0 Å². The highest BCUT2D eigenvalue weighted by molar-refractivity contribution is 5.87. The van der Waals surface area contributed by atoms with Crippen LogP contribution in [0.1, 0.15) is 47.0 Å². The largest absolute Gasteiger partial charge is 0.471 e. The van der Waals surface area contributed by atoms with E-state index in [1.54, 1.807) is 26.1 Å². The third kappa shape index (κ3) is 7.69. The monoisotopic (exact) mass is 283 g/mol. The van der Waals surface area contributed by atoms with E-state index >= 15 is 0 Å². The molecule has 0 spiro atoms. The van der Waals surface area contributed by atoms with Crippen LogP contribution in [-0.2, 0) is 14.3 Å². The van der Waals surface area contributed by atoms with Crippen molar-refractivity contribution < 1.29 is 27.5 Å². The number of alkyl halides is 3. The highest BCUT2D eigenvalue weighted by Gasteiger charge is 2.41. The molecule has 0 fully saturated rings. The van der Waals surface area contributed by atoms with Crippen LogP contribution in [0.4, 0.5) is 13.2 Å². The van der Waals surface area contributed by atoms with Gasteiger partial charge in [-0.05, 0) is 27.2 Å². The first-order valence-electron chi connectivity index (χ1n) is 6.08. The van der Waals surface area contributed by atoms with Crippen molar-refractivity contribution in [1.82, 2.24) is 5.32 Å². The summed E-state index contributed by atoms with van der Waals surface area (Å²) < 4.78 is 41.5. The molecule has 0 aromatic carbocycles. The predicted octanol–water partition coefficient (Wildman–Crippen LogP) is 2.57. The molecule has 0 aromatic rings. The Balaban J connectivity index is 4.72. The molecule has 0 saturated heterocycles. The summed E-state index contributed by atoms with van der Waals surface area (Å²) in [4.78, 5) is 22.6. The maximum absolute atomic E-state index is 12.2. The Morgan fingerprint density at radius 2 is 1.74 bits per heavy atom. The number of nitrogens with one attached hydrogen (secondary N) is 1. The average molecular weight is 283 g/mol. The Hall–Kier alpha value is -1.27. The van der Waals surface area contributed by atoms with Gasteiger partial charge in [-0.1, -0.05) is 19.8 Å². The van der Waals surface area contributed by atoms with E-state index in [0.717, 1.165) is 0 Å². The molecule has 0 aliphatic rings. The minimum absolute atomic E-state index is 0.118. The van der Waals surface area contributed by atoms with E-state index < -0.39 is 29.7 Å². The lowest BCUT2D eigenvalue weighted by Gasteiger charge is -2.24. The minimum Gasteiger partial charge on any atom is -0.458 e. The summed E-state index contributed by atoms with van der Waals surface area (Å²) in [7, 11) is 0. The molecular formula is C12H20F3NO3. The molecule has 0 heterocycles. The topological polar surface area (TPSA) is 55.4 Å². The van der Waals surface area contributed by atoms with Crippen molar-refractivity contribution in [2.75, 3.05) is 0 Å². The van der Waals surface area contributed by atoms with Crippen LogP contribution < -0.4 is 5.32 Å². The highest BCUT2D eigenvalue weighted by atomic mass is 19.4. The van der Waals surface area contributed by atoms with Crippen LogP contribution in [0.2, 0.25) is 0 Å². The number of carbonyl (C=O) groups excluding carboxylic acids is 2. The van der Waals surface area contributed by atoms with Gasteiger partial charge in [-0.3, -0.25) is 4.79 Å². The summed E-state index contributed by atoms with van der Waals surface area (Å²) in [6.45, 7) is 6.64. The molecule has 1 atom stereocenters. The quantitative estimate of drug-likeness (QED) is 0.789. The second-order valence-electron chi connectivity index (χ2n) is 5.20. The lowest BCUT2D eigenvalue weighted by molar-refractivity contribution is -0.177. The summed E-state index contributed by atoms with van der Waals surface area (Å²) >= 11 is 0. The van der Waals surface area contributed by atoms with Crippen LogP contribution in [0.3, 0.4) is 0 Å². The normalized spacial score (nSPS) is 13.8. The maximum Gasteiger partial charge on any atom is 0.471 e. The van der Waals surface area contributed by atoms with E-state index in [-0.39, 0.29) is 6.42 Å². The molecule has 0 aliphatic carbocycles. The zero-order valence-corrected chi connectivity index (χ0v) is 11.6. The van der Waals surface area contributed by atoms with Crippen LogP contribution in [0, 0.1) is 0 Å². The van der Waals surface area contributed by atoms with Gasteiger partial charge in [0.15, 0.2) is 0 Å². The first-order valence-corrected chi connectivity index (χ1v) is 6.08. The molecule has 4 nitrogen and oxygen atoms in total. The number of carbonyl (C=O) groups is 2. The van der Waals surface area contributed by atoms with Crippen LogP contribution in [0.15, 0.2) is 0 Å². The van der Waals surface area contributed by atoms with Gasteiger partial charge in [0.2, 0.25) is 0 Å². The second-order valence-corrected chi connectivity index (χ2v) is 5.20. The standard InChI is InChI=1S/C12H20F3NO3/c1-5-6-7-8(9(17)19-11(2,3)4)16-10(18)12(13,14)15/h8H,5-7H2,1-4H3,(H,16,18). The van der Waals surface area contributed by atoms with Crippen molar-refractivity contribution in [3.8, 4) is 0 Å². The Labute approximate surface area is 110 Å². The predicted molar refractivity (Wildman–Crippen MR) is 63.4 cm³/mol.